The van der Waals surface area contributed by atoms with Gasteiger partial charge in [0.15, 0.2) is 11.6 Å². The Balaban J connectivity index is 0.00000276. The maximum absolute atomic E-state index is 5.16. The summed E-state index contributed by atoms with van der Waals surface area (Å²) in [6.07, 6.45) is 0. The predicted octanol–water partition coefficient (Wildman–Crippen LogP) is 8.92. The third kappa shape index (κ3) is 3.34. The van der Waals surface area contributed by atoms with Crippen molar-refractivity contribution < 1.29 is 1.43 Å². The minimum Gasteiger partial charge on any atom is -0.212 e. The lowest BCUT2D eigenvalue weighted by molar-refractivity contribution is 0.659. The molecule has 3 nitrogen and oxygen atoms in total. The van der Waals surface area contributed by atoms with E-state index in [9.17, 15) is 0 Å². The van der Waals surface area contributed by atoms with Gasteiger partial charge in [0, 0.05) is 18.0 Å². The number of nitrogens with zero attached hydrogens (tertiary/aromatic N) is 3. The van der Waals surface area contributed by atoms with Crippen molar-refractivity contribution in [2.24, 2.45) is 0 Å². The maximum atomic E-state index is 5.16. The summed E-state index contributed by atoms with van der Waals surface area (Å²) < 4.78 is 0. The molecule has 0 radical (unpaired) electrons. The van der Waals surface area contributed by atoms with Crippen molar-refractivity contribution in [2.45, 2.75) is 25.2 Å². The normalized spacial score (nSPS) is 15.7. The zero-order valence-corrected chi connectivity index (χ0v) is 22.5. The van der Waals surface area contributed by atoms with E-state index in [0.29, 0.717) is 11.6 Å². The standard InChI is InChI=1S/C37H27N3.H2/c1-37(2)31-20-12-11-18-26(31)29-21-28-25-17-9-10-19-27(25)33(30(28)22-32(29)37)36-39-34(23-13-5-3-6-14-23)38-35(40-36)24-15-7-4-8-16-24;/h3-22,33H,1-2H3;1H. The molecule has 192 valence electrons. The first kappa shape index (κ1) is 23.0. The van der Waals surface area contributed by atoms with Gasteiger partial charge in [0.05, 0.1) is 5.92 Å². The summed E-state index contributed by atoms with van der Waals surface area (Å²) in [5, 5.41) is 0. The van der Waals surface area contributed by atoms with Gasteiger partial charge in [-0.1, -0.05) is 129 Å². The lowest BCUT2D eigenvalue weighted by atomic mass is 9.81. The Morgan fingerprint density at radius 1 is 0.500 bits per heavy atom. The van der Waals surface area contributed by atoms with Crippen LogP contribution in [0.25, 0.3) is 45.0 Å². The molecule has 3 heteroatoms. The molecule has 0 saturated carbocycles. The number of hydrogen-bond donors (Lipinski definition) is 0. The van der Waals surface area contributed by atoms with Gasteiger partial charge in [0.25, 0.3) is 0 Å². The average molecular weight is 516 g/mol. The smallest absolute Gasteiger partial charge is 0.163 e. The predicted molar refractivity (Wildman–Crippen MR) is 163 cm³/mol. The number of fused-ring (bicyclic) bond motifs is 6. The molecule has 2 aliphatic rings. The zero-order chi connectivity index (χ0) is 26.8. The van der Waals surface area contributed by atoms with Crippen LogP contribution in [0.3, 0.4) is 0 Å². The highest BCUT2D eigenvalue weighted by atomic mass is 15.0. The first-order chi connectivity index (χ1) is 19.6. The minimum absolute atomic E-state index is 0. The number of aromatic nitrogens is 3. The third-order valence-corrected chi connectivity index (χ3v) is 8.60. The molecule has 0 N–H and O–H groups in total. The third-order valence-electron chi connectivity index (χ3n) is 8.60. The Bertz CT molecular complexity index is 1870. The Morgan fingerprint density at radius 2 is 1.07 bits per heavy atom. The van der Waals surface area contributed by atoms with Crippen LogP contribution in [0.5, 0.6) is 0 Å². The second-order valence-electron chi connectivity index (χ2n) is 11.2. The molecule has 5 aromatic carbocycles. The van der Waals surface area contributed by atoms with E-state index in [0.717, 1.165) is 17.0 Å². The monoisotopic (exact) mass is 515 g/mol. The van der Waals surface area contributed by atoms with E-state index in [1.54, 1.807) is 0 Å². The quantitative estimate of drug-likeness (QED) is 0.236. The molecule has 0 fully saturated rings. The molecule has 1 unspecified atom stereocenters. The molecule has 1 heterocycles. The van der Waals surface area contributed by atoms with Crippen LogP contribution in [0.1, 0.15) is 49.3 Å². The van der Waals surface area contributed by atoms with E-state index in [2.05, 4.69) is 98.8 Å². The van der Waals surface area contributed by atoms with Gasteiger partial charge in [-0.25, -0.2) is 15.0 Å². The Labute approximate surface area is 235 Å². The summed E-state index contributed by atoms with van der Waals surface area (Å²) in [7, 11) is 0. The summed E-state index contributed by atoms with van der Waals surface area (Å²) in [5.41, 5.74) is 12.4. The van der Waals surface area contributed by atoms with E-state index in [4.69, 9.17) is 15.0 Å². The van der Waals surface area contributed by atoms with Gasteiger partial charge in [-0.05, 0) is 50.6 Å². The summed E-state index contributed by atoms with van der Waals surface area (Å²) in [6, 6.07) is 42.9. The summed E-state index contributed by atoms with van der Waals surface area (Å²) in [5.74, 6) is 2.10. The highest BCUT2D eigenvalue weighted by Gasteiger charge is 2.40. The van der Waals surface area contributed by atoms with Crippen molar-refractivity contribution in [3.63, 3.8) is 0 Å². The maximum Gasteiger partial charge on any atom is 0.163 e. The topological polar surface area (TPSA) is 38.7 Å². The minimum atomic E-state index is -0.0797. The molecule has 6 aromatic rings. The number of rotatable bonds is 3. The van der Waals surface area contributed by atoms with E-state index in [1.807, 2.05) is 36.4 Å². The molecule has 0 bridgehead atoms. The van der Waals surface area contributed by atoms with Crippen LogP contribution in [-0.4, -0.2) is 15.0 Å². The molecule has 0 aliphatic heterocycles. The van der Waals surface area contributed by atoms with Gasteiger partial charge < -0.3 is 0 Å². The summed E-state index contributed by atoms with van der Waals surface area (Å²) in [4.78, 5) is 15.3. The van der Waals surface area contributed by atoms with Crippen LogP contribution in [0.15, 0.2) is 121 Å². The highest BCUT2D eigenvalue weighted by molar-refractivity contribution is 5.89. The fourth-order valence-electron chi connectivity index (χ4n) is 6.63. The van der Waals surface area contributed by atoms with Gasteiger partial charge in [-0.3, -0.25) is 0 Å². The molecule has 8 rings (SSSR count). The molecule has 2 aliphatic carbocycles. The second-order valence-corrected chi connectivity index (χ2v) is 11.2. The molecule has 1 aromatic heterocycles. The molecule has 0 spiro atoms. The average Bonchev–Trinajstić information content (AvgIpc) is 3.45. The van der Waals surface area contributed by atoms with Crippen molar-refractivity contribution in [2.75, 3.05) is 0 Å². The van der Waals surface area contributed by atoms with E-state index >= 15 is 0 Å². The lowest BCUT2D eigenvalue weighted by Crippen LogP contribution is -2.16. The van der Waals surface area contributed by atoms with Crippen LogP contribution in [0, 0.1) is 0 Å². The van der Waals surface area contributed by atoms with Gasteiger partial charge in [0.1, 0.15) is 5.82 Å². The van der Waals surface area contributed by atoms with Crippen molar-refractivity contribution in [3.05, 3.63) is 149 Å². The molecule has 0 amide bonds. The van der Waals surface area contributed by atoms with Crippen LogP contribution >= 0.6 is 0 Å². The van der Waals surface area contributed by atoms with Crippen molar-refractivity contribution in [3.8, 4) is 45.0 Å². The van der Waals surface area contributed by atoms with Gasteiger partial charge in [-0.2, -0.15) is 0 Å². The van der Waals surface area contributed by atoms with E-state index < -0.39 is 0 Å². The number of benzene rings is 5. The van der Waals surface area contributed by atoms with Crippen molar-refractivity contribution >= 4 is 0 Å². The zero-order valence-electron chi connectivity index (χ0n) is 22.5. The first-order valence-electron chi connectivity index (χ1n) is 13.8. The fraction of sp³-hybridized carbons (Fsp3) is 0.108. The molecular formula is C37H29N3. The van der Waals surface area contributed by atoms with Crippen LogP contribution in [0.2, 0.25) is 0 Å². The second kappa shape index (κ2) is 8.56. The SMILES string of the molecule is CC1(C)c2ccccc2-c2cc3c(cc21)C(c1nc(-c2ccccc2)nc(-c2ccccc2)n1)c1ccccc1-3.[HH]. The van der Waals surface area contributed by atoms with E-state index in [1.165, 1.54) is 44.5 Å². The Hall–Kier alpha value is -4.89. The van der Waals surface area contributed by atoms with Crippen LogP contribution in [0.4, 0.5) is 0 Å². The van der Waals surface area contributed by atoms with Gasteiger partial charge in [0.2, 0.25) is 0 Å². The van der Waals surface area contributed by atoms with Crippen LogP contribution < -0.4 is 0 Å². The van der Waals surface area contributed by atoms with Crippen molar-refractivity contribution in [1.82, 2.24) is 15.0 Å². The number of hydrogen-bond acceptors (Lipinski definition) is 3. The Morgan fingerprint density at radius 3 is 1.75 bits per heavy atom. The van der Waals surface area contributed by atoms with Gasteiger partial charge in [-0.15, -0.1) is 0 Å². The summed E-state index contributed by atoms with van der Waals surface area (Å²) >= 11 is 0. The first-order valence-corrected chi connectivity index (χ1v) is 13.8. The lowest BCUT2D eigenvalue weighted by Gasteiger charge is -2.23. The molecular weight excluding hydrogens is 486 g/mol. The Kier molecular flexibility index (Phi) is 4.93. The van der Waals surface area contributed by atoms with Crippen molar-refractivity contribution in [1.29, 1.82) is 0 Å². The fourth-order valence-corrected chi connectivity index (χ4v) is 6.63. The molecule has 40 heavy (non-hydrogen) atoms. The van der Waals surface area contributed by atoms with Gasteiger partial charge >= 0.3 is 0 Å². The largest absolute Gasteiger partial charge is 0.212 e. The highest BCUT2D eigenvalue weighted by Crippen LogP contribution is 2.55. The molecule has 0 saturated heterocycles. The summed E-state index contributed by atoms with van der Waals surface area (Å²) in [6.45, 7) is 4.68. The van der Waals surface area contributed by atoms with Crippen LogP contribution in [-0.2, 0) is 5.41 Å². The molecule has 1 atom stereocenters. The van der Waals surface area contributed by atoms with E-state index in [-0.39, 0.29) is 12.8 Å².